The first kappa shape index (κ1) is 23.0. The van der Waals surface area contributed by atoms with E-state index in [1.54, 1.807) is 0 Å². The molecule has 3 aromatic heterocycles. The van der Waals surface area contributed by atoms with Crippen LogP contribution < -0.4 is 15.8 Å². The molecule has 1 amide bonds. The van der Waals surface area contributed by atoms with Crippen molar-refractivity contribution in [1.29, 1.82) is 0 Å². The quantitative estimate of drug-likeness (QED) is 0.578. The van der Waals surface area contributed by atoms with E-state index in [1.807, 2.05) is 11.6 Å². The van der Waals surface area contributed by atoms with E-state index in [0.717, 1.165) is 86.7 Å². The van der Waals surface area contributed by atoms with Crippen molar-refractivity contribution in [2.24, 2.45) is 5.92 Å². The highest BCUT2D eigenvalue weighted by Gasteiger charge is 2.27. The van der Waals surface area contributed by atoms with E-state index in [9.17, 15) is 9.59 Å². The van der Waals surface area contributed by atoms with Crippen LogP contribution in [0, 0.1) is 19.8 Å². The summed E-state index contributed by atoms with van der Waals surface area (Å²) < 4.78 is 3.50. The predicted molar refractivity (Wildman–Crippen MR) is 133 cm³/mol. The monoisotopic (exact) mass is 483 g/mol. The highest BCUT2D eigenvalue weighted by Crippen LogP contribution is 2.28. The molecule has 1 saturated heterocycles. The van der Waals surface area contributed by atoms with Gasteiger partial charge in [-0.15, -0.1) is 5.10 Å². The van der Waals surface area contributed by atoms with Crippen LogP contribution in [0.4, 0.5) is 5.13 Å². The molecule has 0 atom stereocenters. The molecule has 3 aromatic rings. The third kappa shape index (κ3) is 4.23. The normalized spacial score (nSPS) is 16.7. The van der Waals surface area contributed by atoms with Crippen molar-refractivity contribution in [3.05, 3.63) is 38.6 Å². The smallest absolute Gasteiger partial charge is 0.278 e. The summed E-state index contributed by atoms with van der Waals surface area (Å²) in [6.07, 6.45) is 6.20. The lowest BCUT2D eigenvalue weighted by Gasteiger charge is -2.30. The maximum atomic E-state index is 12.9. The second kappa shape index (κ2) is 9.48. The van der Waals surface area contributed by atoms with Crippen LogP contribution >= 0.6 is 11.3 Å². The number of nitrogens with zero attached hydrogens (tertiary/aromatic N) is 6. The molecular weight excluding hydrogens is 450 g/mol. The fourth-order valence-corrected chi connectivity index (χ4v) is 6.25. The van der Waals surface area contributed by atoms with Crippen molar-refractivity contribution in [3.63, 3.8) is 0 Å². The van der Waals surface area contributed by atoms with Crippen molar-refractivity contribution in [3.8, 4) is 0 Å². The Morgan fingerprint density at radius 3 is 2.65 bits per heavy atom. The van der Waals surface area contributed by atoms with Crippen LogP contribution in [0.2, 0.25) is 0 Å². The van der Waals surface area contributed by atoms with Gasteiger partial charge < -0.3 is 10.2 Å². The molecule has 1 fully saturated rings. The molecule has 10 heteroatoms. The van der Waals surface area contributed by atoms with E-state index in [-0.39, 0.29) is 17.4 Å². The summed E-state index contributed by atoms with van der Waals surface area (Å²) in [5, 5.41) is 13.1. The number of hydrogen-bond acceptors (Lipinski definition) is 7. The Morgan fingerprint density at radius 2 is 1.91 bits per heavy atom. The van der Waals surface area contributed by atoms with Crippen molar-refractivity contribution >= 4 is 27.3 Å². The van der Waals surface area contributed by atoms with E-state index in [2.05, 4.69) is 34.3 Å². The van der Waals surface area contributed by atoms with Gasteiger partial charge >= 0.3 is 0 Å². The summed E-state index contributed by atoms with van der Waals surface area (Å²) in [5.41, 5.74) is 5.25. The lowest BCUT2D eigenvalue weighted by Crippen LogP contribution is -2.41. The predicted octanol–water partition coefficient (Wildman–Crippen LogP) is 2.44. The first-order chi connectivity index (χ1) is 16.5. The van der Waals surface area contributed by atoms with Crippen LogP contribution in [-0.4, -0.2) is 49.9 Å². The Bertz CT molecular complexity index is 1270. The maximum absolute atomic E-state index is 12.9. The van der Waals surface area contributed by atoms with Gasteiger partial charge in [-0.2, -0.15) is 9.61 Å². The van der Waals surface area contributed by atoms with Crippen LogP contribution in [0.5, 0.6) is 0 Å². The summed E-state index contributed by atoms with van der Waals surface area (Å²) in [6, 6.07) is 0. The van der Waals surface area contributed by atoms with Crippen LogP contribution in [0.25, 0.3) is 4.96 Å². The molecule has 34 heavy (non-hydrogen) atoms. The largest absolute Gasteiger partial charge is 0.356 e. The van der Waals surface area contributed by atoms with Gasteiger partial charge in [0.25, 0.3) is 5.56 Å². The Balaban J connectivity index is 1.17. The first-order valence-electron chi connectivity index (χ1n) is 12.4. The second-order valence-corrected chi connectivity index (χ2v) is 10.3. The first-order valence-corrected chi connectivity index (χ1v) is 13.2. The van der Waals surface area contributed by atoms with Gasteiger partial charge in [-0.1, -0.05) is 11.3 Å². The molecule has 0 saturated carbocycles. The summed E-state index contributed by atoms with van der Waals surface area (Å²) in [6.45, 7) is 9.23. The molecule has 0 radical (unpaired) electrons. The highest BCUT2D eigenvalue weighted by atomic mass is 32.1. The Morgan fingerprint density at radius 1 is 1.15 bits per heavy atom. The molecule has 5 rings (SSSR count). The summed E-state index contributed by atoms with van der Waals surface area (Å²) in [7, 11) is 0. The van der Waals surface area contributed by atoms with E-state index in [0.29, 0.717) is 11.5 Å². The van der Waals surface area contributed by atoms with Crippen LogP contribution in [0.3, 0.4) is 0 Å². The zero-order valence-electron chi connectivity index (χ0n) is 20.3. The number of piperidine rings is 1. The standard InChI is InChI=1S/C24H33N7O2S/c1-4-30-16(3)18(15(2)27-30)9-12-25-21(32)17-10-13-29(14-11-17)24-28-31-22(33)19-7-5-6-8-20(19)26-23(31)34-24/h17H,4-14H2,1-3H3,(H,25,32). The minimum atomic E-state index is -0.00795. The lowest BCUT2D eigenvalue weighted by atomic mass is 9.96. The van der Waals surface area contributed by atoms with E-state index in [4.69, 9.17) is 4.98 Å². The number of hydrogen-bond donors (Lipinski definition) is 1. The van der Waals surface area contributed by atoms with Crippen molar-refractivity contribution < 1.29 is 4.79 Å². The van der Waals surface area contributed by atoms with Gasteiger partial charge in [0.2, 0.25) is 16.0 Å². The number of aromatic nitrogens is 5. The fraction of sp³-hybridized carbons (Fsp3) is 0.625. The van der Waals surface area contributed by atoms with Crippen molar-refractivity contribution in [2.45, 2.75) is 72.3 Å². The summed E-state index contributed by atoms with van der Waals surface area (Å²) >= 11 is 1.48. The molecule has 1 aliphatic carbocycles. The minimum absolute atomic E-state index is 0.00795. The van der Waals surface area contributed by atoms with Crippen molar-refractivity contribution in [1.82, 2.24) is 29.7 Å². The maximum Gasteiger partial charge on any atom is 0.278 e. The summed E-state index contributed by atoms with van der Waals surface area (Å²) in [4.78, 5) is 33.2. The van der Waals surface area contributed by atoms with E-state index in [1.165, 1.54) is 27.1 Å². The second-order valence-electron chi connectivity index (χ2n) is 9.40. The molecule has 0 unspecified atom stereocenters. The minimum Gasteiger partial charge on any atom is -0.356 e. The molecule has 1 aliphatic heterocycles. The number of nitrogens with one attached hydrogen (secondary N) is 1. The number of amides is 1. The van der Waals surface area contributed by atoms with Crippen LogP contribution in [0.15, 0.2) is 4.79 Å². The Kier molecular flexibility index (Phi) is 6.42. The number of fused-ring (bicyclic) bond motifs is 2. The molecule has 9 nitrogen and oxygen atoms in total. The SMILES string of the molecule is CCn1nc(C)c(CCNC(=O)C2CCN(c3nn4c(=O)c5c(nc4s3)CCCC5)CC2)c1C. The number of carbonyl (C=O) groups is 1. The number of rotatable bonds is 6. The van der Waals surface area contributed by atoms with Gasteiger partial charge in [-0.3, -0.25) is 14.3 Å². The Hall–Kier alpha value is -2.75. The topological polar surface area (TPSA) is 97.4 Å². The summed E-state index contributed by atoms with van der Waals surface area (Å²) in [5.74, 6) is 0.145. The van der Waals surface area contributed by atoms with Crippen LogP contribution in [0.1, 0.15) is 60.8 Å². The van der Waals surface area contributed by atoms with Gasteiger partial charge in [0.1, 0.15) is 0 Å². The number of anilines is 1. The molecule has 1 N–H and O–H groups in total. The Labute approximate surface area is 203 Å². The average molecular weight is 484 g/mol. The third-order valence-corrected chi connectivity index (χ3v) is 8.28. The molecule has 0 spiro atoms. The average Bonchev–Trinajstić information content (AvgIpc) is 3.40. The molecule has 4 heterocycles. The van der Waals surface area contributed by atoms with Crippen molar-refractivity contribution in [2.75, 3.05) is 24.5 Å². The van der Waals surface area contributed by atoms with E-state index < -0.39 is 0 Å². The van der Waals surface area contributed by atoms with Gasteiger partial charge in [-0.25, -0.2) is 4.98 Å². The van der Waals surface area contributed by atoms with E-state index >= 15 is 0 Å². The van der Waals surface area contributed by atoms with Gasteiger partial charge in [0, 0.05) is 43.4 Å². The highest BCUT2D eigenvalue weighted by molar-refractivity contribution is 7.20. The molecular formula is C24H33N7O2S. The lowest BCUT2D eigenvalue weighted by molar-refractivity contribution is -0.125. The number of carbonyl (C=O) groups excluding carboxylic acids is 1. The molecule has 182 valence electrons. The zero-order valence-corrected chi connectivity index (χ0v) is 21.1. The van der Waals surface area contributed by atoms with Gasteiger partial charge in [0.05, 0.1) is 11.4 Å². The van der Waals surface area contributed by atoms with Gasteiger partial charge in [0.15, 0.2) is 0 Å². The zero-order chi connectivity index (χ0) is 23.8. The van der Waals surface area contributed by atoms with Crippen LogP contribution in [-0.2, 0) is 30.6 Å². The molecule has 0 aromatic carbocycles. The molecule has 2 aliphatic rings. The third-order valence-electron chi connectivity index (χ3n) is 7.31. The molecule has 0 bridgehead atoms. The number of aryl methyl sites for hydroxylation is 3. The fourth-order valence-electron chi connectivity index (χ4n) is 5.28. The van der Waals surface area contributed by atoms with Gasteiger partial charge in [-0.05, 0) is 71.3 Å².